The van der Waals surface area contributed by atoms with Gasteiger partial charge < -0.3 is 79.9 Å². The summed E-state index contributed by atoms with van der Waals surface area (Å²) in [7, 11) is 0. The number of ether oxygens (including phenoxy) is 5. The first-order valence-corrected chi connectivity index (χ1v) is 10.6. The fourth-order valence-electron chi connectivity index (χ4n) is 4.05. The molecule has 15 atom stereocenters. The molecule has 0 aromatic rings. The van der Waals surface area contributed by atoms with E-state index in [1.807, 2.05) is 0 Å². The predicted octanol–water partition coefficient (Wildman–Crippen LogP) is -7.57. The van der Waals surface area contributed by atoms with Gasteiger partial charge in [-0.25, -0.2) is 0 Å². The largest absolute Gasteiger partial charge is 0.394 e. The van der Waals surface area contributed by atoms with E-state index in [1.165, 1.54) is 0 Å². The summed E-state index contributed by atoms with van der Waals surface area (Å²) in [5, 5.41) is 109. The van der Waals surface area contributed by atoms with Crippen molar-refractivity contribution in [2.45, 2.75) is 92.1 Å². The second-order valence-electron chi connectivity index (χ2n) is 8.34. The van der Waals surface area contributed by atoms with E-state index >= 15 is 0 Å². The zero-order chi connectivity index (χ0) is 25.3. The van der Waals surface area contributed by atoms with E-state index in [0.717, 1.165) is 0 Å². The molecule has 0 aliphatic carbocycles. The molecule has 0 amide bonds. The third-order valence-corrected chi connectivity index (χ3v) is 6.07. The lowest BCUT2D eigenvalue weighted by Gasteiger charge is -2.46. The van der Waals surface area contributed by atoms with Crippen molar-refractivity contribution in [2.24, 2.45) is 0 Å². The van der Waals surface area contributed by atoms with Crippen molar-refractivity contribution in [1.82, 2.24) is 0 Å². The van der Waals surface area contributed by atoms with Gasteiger partial charge in [-0.15, -0.1) is 0 Å². The van der Waals surface area contributed by atoms with Gasteiger partial charge in [0.25, 0.3) is 0 Å². The Balaban J connectivity index is 1.79. The quantitative estimate of drug-likeness (QED) is 0.146. The molecule has 3 saturated heterocycles. The Morgan fingerprint density at radius 1 is 0.588 bits per heavy atom. The molecular weight excluding hydrogens is 472 g/mol. The molecule has 0 aromatic carbocycles. The Morgan fingerprint density at radius 2 is 1.12 bits per heavy atom. The highest BCUT2D eigenvalue weighted by Gasteiger charge is 2.54. The maximum Gasteiger partial charge on any atom is 0.187 e. The van der Waals surface area contributed by atoms with Crippen LogP contribution in [-0.2, 0) is 23.7 Å². The Bertz CT molecular complexity index is 641. The smallest absolute Gasteiger partial charge is 0.187 e. The fourth-order valence-corrected chi connectivity index (χ4v) is 4.05. The van der Waals surface area contributed by atoms with Crippen LogP contribution < -0.4 is 0 Å². The third-order valence-electron chi connectivity index (χ3n) is 6.07. The highest BCUT2D eigenvalue weighted by atomic mass is 16.8. The Morgan fingerprint density at radius 3 is 1.68 bits per heavy atom. The van der Waals surface area contributed by atoms with E-state index in [-0.39, 0.29) is 0 Å². The Kier molecular flexibility index (Phi) is 9.54. The maximum absolute atomic E-state index is 10.6. The van der Waals surface area contributed by atoms with Crippen molar-refractivity contribution in [1.29, 1.82) is 0 Å². The third kappa shape index (κ3) is 5.37. The lowest BCUT2D eigenvalue weighted by atomic mass is 9.97. The lowest BCUT2D eigenvalue weighted by molar-refractivity contribution is -0.377. The zero-order valence-electron chi connectivity index (χ0n) is 17.7. The second-order valence-corrected chi connectivity index (χ2v) is 8.34. The van der Waals surface area contributed by atoms with Gasteiger partial charge >= 0.3 is 0 Å². The van der Waals surface area contributed by atoms with Gasteiger partial charge in [0.1, 0.15) is 73.2 Å². The van der Waals surface area contributed by atoms with Crippen molar-refractivity contribution in [3.63, 3.8) is 0 Å². The van der Waals surface area contributed by atoms with Crippen LogP contribution in [0.1, 0.15) is 0 Å². The molecule has 11 N–H and O–H groups in total. The van der Waals surface area contributed by atoms with Crippen LogP contribution in [0, 0.1) is 0 Å². The molecular formula is C18H32O16. The van der Waals surface area contributed by atoms with Gasteiger partial charge in [-0.2, -0.15) is 0 Å². The van der Waals surface area contributed by atoms with Gasteiger partial charge in [0.05, 0.1) is 19.8 Å². The predicted molar refractivity (Wildman–Crippen MR) is 101 cm³/mol. The first kappa shape index (κ1) is 27.9. The van der Waals surface area contributed by atoms with Crippen molar-refractivity contribution in [2.75, 3.05) is 19.8 Å². The van der Waals surface area contributed by atoms with Gasteiger partial charge in [-0.3, -0.25) is 0 Å². The van der Waals surface area contributed by atoms with Crippen molar-refractivity contribution < 1.29 is 79.9 Å². The molecule has 16 nitrogen and oxygen atoms in total. The molecule has 3 aliphatic heterocycles. The van der Waals surface area contributed by atoms with E-state index in [4.69, 9.17) is 28.8 Å². The molecule has 0 radical (unpaired) electrons. The second kappa shape index (κ2) is 11.6. The van der Waals surface area contributed by atoms with Crippen molar-refractivity contribution >= 4 is 0 Å². The van der Waals surface area contributed by atoms with E-state index in [0.29, 0.717) is 0 Å². The Hall–Kier alpha value is -0.640. The van der Waals surface area contributed by atoms with Crippen LogP contribution in [0.4, 0.5) is 0 Å². The fraction of sp³-hybridized carbons (Fsp3) is 1.00. The molecule has 3 heterocycles. The van der Waals surface area contributed by atoms with Crippen LogP contribution in [0.15, 0.2) is 0 Å². The van der Waals surface area contributed by atoms with Crippen LogP contribution >= 0.6 is 0 Å². The summed E-state index contributed by atoms with van der Waals surface area (Å²) in [6.45, 7) is -2.34. The molecule has 3 aliphatic rings. The molecule has 200 valence electrons. The van der Waals surface area contributed by atoms with E-state index in [1.54, 1.807) is 0 Å². The lowest BCUT2D eigenvalue weighted by Crippen LogP contribution is -2.65. The number of hydrogen-bond acceptors (Lipinski definition) is 16. The number of aliphatic hydroxyl groups is 11. The SMILES string of the molecule is OC[C@@H](O)[C@@H]1O[C@@H](O[C@@H]2[C@@H](O[C@@H]3C(O)O[C@H](CO)[C@@H](O)[C@@H]3O)O[C@H](CO)[C@@H](O)[C@@H]2O)[C@H](O)[C@H]1O. The maximum atomic E-state index is 10.6. The van der Waals surface area contributed by atoms with Gasteiger partial charge in [-0.05, 0) is 0 Å². The number of rotatable bonds is 8. The number of aliphatic hydroxyl groups excluding tert-OH is 11. The molecule has 0 aromatic heterocycles. The van der Waals surface area contributed by atoms with Crippen molar-refractivity contribution in [3.8, 4) is 0 Å². The summed E-state index contributed by atoms with van der Waals surface area (Å²) in [4.78, 5) is 0. The van der Waals surface area contributed by atoms with E-state index in [2.05, 4.69) is 0 Å². The summed E-state index contributed by atoms with van der Waals surface area (Å²) in [6, 6.07) is 0. The molecule has 0 saturated carbocycles. The van der Waals surface area contributed by atoms with Crippen LogP contribution in [-0.4, -0.2) is 168 Å². The van der Waals surface area contributed by atoms with Gasteiger partial charge in [0.2, 0.25) is 0 Å². The van der Waals surface area contributed by atoms with Crippen LogP contribution in [0.25, 0.3) is 0 Å². The van der Waals surface area contributed by atoms with Crippen LogP contribution in [0.2, 0.25) is 0 Å². The minimum Gasteiger partial charge on any atom is -0.394 e. The molecule has 34 heavy (non-hydrogen) atoms. The Labute approximate surface area is 192 Å². The summed E-state index contributed by atoms with van der Waals surface area (Å²) in [5.74, 6) is 0. The topological polar surface area (TPSA) is 269 Å². The van der Waals surface area contributed by atoms with Gasteiger partial charge in [0, 0.05) is 0 Å². The minimum atomic E-state index is -1.89. The number of hydrogen-bond donors (Lipinski definition) is 11. The molecule has 0 spiro atoms. The first-order valence-electron chi connectivity index (χ1n) is 10.6. The van der Waals surface area contributed by atoms with E-state index < -0.39 is 112 Å². The standard InChI is InChI=1S/C18H32O16/c19-1-4(22)13-11(27)12(28)17(32-13)34-15-10(26)8(24)6(3-21)31-18(15)33-14-9(25)7(23)5(2-20)30-16(14)29/h4-29H,1-3H2/t4-,5-,6-,7-,8-,9+,10+,11-,12-,13+,14+,15+,16?,17+,18-/m1/s1. The molecule has 16 heteroatoms. The molecule has 0 bridgehead atoms. The van der Waals surface area contributed by atoms with Crippen molar-refractivity contribution in [3.05, 3.63) is 0 Å². The average molecular weight is 504 g/mol. The molecule has 1 unspecified atom stereocenters. The highest BCUT2D eigenvalue weighted by Crippen LogP contribution is 2.33. The normalized spacial score (nSPS) is 50.9. The summed E-state index contributed by atoms with van der Waals surface area (Å²) < 4.78 is 26.5. The van der Waals surface area contributed by atoms with Crippen LogP contribution in [0.3, 0.4) is 0 Å². The summed E-state index contributed by atoms with van der Waals surface area (Å²) in [5.41, 5.74) is 0. The summed E-state index contributed by atoms with van der Waals surface area (Å²) >= 11 is 0. The minimum absolute atomic E-state index is 0.731. The highest BCUT2D eigenvalue weighted by molar-refractivity contribution is 4.96. The van der Waals surface area contributed by atoms with Gasteiger partial charge in [0.15, 0.2) is 18.9 Å². The first-order chi connectivity index (χ1) is 16.0. The molecule has 3 fully saturated rings. The monoisotopic (exact) mass is 504 g/mol. The van der Waals surface area contributed by atoms with Crippen LogP contribution in [0.5, 0.6) is 0 Å². The summed E-state index contributed by atoms with van der Waals surface area (Å²) in [6.07, 6.45) is -25.3. The zero-order valence-corrected chi connectivity index (χ0v) is 17.7. The van der Waals surface area contributed by atoms with Gasteiger partial charge in [-0.1, -0.05) is 0 Å². The molecule has 3 rings (SSSR count). The van der Waals surface area contributed by atoms with E-state index in [9.17, 15) is 51.1 Å². The average Bonchev–Trinajstić information content (AvgIpc) is 3.11.